The molecule has 27 heavy (non-hydrogen) atoms. The van der Waals surface area contributed by atoms with Crippen LogP contribution in [-0.4, -0.2) is 33.2 Å². The Hall–Kier alpha value is -2.37. The number of hydrogen-bond acceptors (Lipinski definition) is 3. The van der Waals surface area contributed by atoms with Crippen LogP contribution in [-0.2, 0) is 19.3 Å². The van der Waals surface area contributed by atoms with Gasteiger partial charge in [-0.15, -0.1) is 0 Å². The van der Waals surface area contributed by atoms with Gasteiger partial charge in [-0.3, -0.25) is 0 Å². The molecule has 0 bridgehead atoms. The summed E-state index contributed by atoms with van der Waals surface area (Å²) in [5.74, 6) is -4.25. The maximum atomic E-state index is 12.0. The van der Waals surface area contributed by atoms with E-state index in [-0.39, 0.29) is 11.1 Å². The fourth-order valence-corrected chi connectivity index (χ4v) is 3.51. The molecule has 0 fully saturated rings. The molecule has 1 rings (SSSR count). The monoisotopic (exact) mass is 378 g/mol. The number of aromatic carboxylic acids is 3. The summed E-state index contributed by atoms with van der Waals surface area (Å²) in [6.07, 6.45) is 6.23. The van der Waals surface area contributed by atoms with Crippen molar-refractivity contribution in [2.24, 2.45) is 0 Å². The third-order valence-corrected chi connectivity index (χ3v) is 4.81. The SMILES string of the molecule is CCCCc1c(CCCC)c(C(=O)O)c(C(=O)O)c(C(=O)O)c1CCCC. The van der Waals surface area contributed by atoms with Crippen LogP contribution in [0.15, 0.2) is 0 Å². The van der Waals surface area contributed by atoms with E-state index in [9.17, 15) is 29.7 Å². The van der Waals surface area contributed by atoms with Crippen molar-refractivity contribution in [2.45, 2.75) is 78.6 Å². The van der Waals surface area contributed by atoms with Crippen LogP contribution in [0.5, 0.6) is 0 Å². The lowest BCUT2D eigenvalue weighted by molar-refractivity contribution is 0.0631. The molecular formula is C21H30O6. The van der Waals surface area contributed by atoms with Gasteiger partial charge in [-0.2, -0.15) is 0 Å². The smallest absolute Gasteiger partial charge is 0.337 e. The molecule has 0 atom stereocenters. The molecule has 0 heterocycles. The average Bonchev–Trinajstić information content (AvgIpc) is 2.61. The van der Waals surface area contributed by atoms with Crippen molar-refractivity contribution in [3.63, 3.8) is 0 Å². The minimum atomic E-state index is -1.50. The second-order valence-electron chi connectivity index (χ2n) is 6.79. The largest absolute Gasteiger partial charge is 0.478 e. The summed E-state index contributed by atoms with van der Waals surface area (Å²) in [5.41, 5.74) is 0.475. The van der Waals surface area contributed by atoms with Gasteiger partial charge < -0.3 is 15.3 Å². The normalized spacial score (nSPS) is 10.8. The van der Waals surface area contributed by atoms with Crippen LogP contribution in [0.3, 0.4) is 0 Å². The van der Waals surface area contributed by atoms with Gasteiger partial charge in [0, 0.05) is 0 Å². The number of rotatable bonds is 12. The standard InChI is InChI=1S/C21H30O6/c1-4-7-10-13-14(11-8-5-2)16(19(22)23)18(21(26)27)17(20(24)25)15(13)12-9-6-3/h4-12H2,1-3H3,(H,22,23)(H,24,25)(H,26,27). The Labute approximate surface area is 160 Å². The molecule has 1 aromatic rings. The van der Waals surface area contributed by atoms with Crippen LogP contribution >= 0.6 is 0 Å². The van der Waals surface area contributed by atoms with Crippen molar-refractivity contribution in [3.8, 4) is 0 Å². The topological polar surface area (TPSA) is 112 Å². The summed E-state index contributed by atoms with van der Waals surface area (Å²) >= 11 is 0. The van der Waals surface area contributed by atoms with Gasteiger partial charge in [-0.1, -0.05) is 40.0 Å². The lowest BCUT2D eigenvalue weighted by Gasteiger charge is -2.22. The summed E-state index contributed by atoms with van der Waals surface area (Å²) in [6, 6.07) is 0. The Kier molecular flexibility index (Phi) is 8.98. The second kappa shape index (κ2) is 10.7. The van der Waals surface area contributed by atoms with Crippen LogP contribution in [0.4, 0.5) is 0 Å². The Morgan fingerprint density at radius 1 is 0.556 bits per heavy atom. The molecule has 0 spiro atoms. The zero-order valence-corrected chi connectivity index (χ0v) is 16.4. The van der Waals surface area contributed by atoms with E-state index >= 15 is 0 Å². The van der Waals surface area contributed by atoms with E-state index in [2.05, 4.69) is 0 Å². The van der Waals surface area contributed by atoms with Gasteiger partial charge in [0.15, 0.2) is 0 Å². The zero-order valence-electron chi connectivity index (χ0n) is 16.4. The van der Waals surface area contributed by atoms with Gasteiger partial charge in [-0.25, -0.2) is 14.4 Å². The molecule has 0 aromatic heterocycles. The lowest BCUT2D eigenvalue weighted by Crippen LogP contribution is -2.22. The number of carbonyl (C=O) groups is 3. The number of carboxylic acids is 3. The van der Waals surface area contributed by atoms with Crippen LogP contribution in [0.1, 0.15) is 107 Å². The third-order valence-electron chi connectivity index (χ3n) is 4.81. The highest BCUT2D eigenvalue weighted by atomic mass is 16.4. The Bertz CT molecular complexity index is 658. The first kappa shape index (κ1) is 22.7. The summed E-state index contributed by atoms with van der Waals surface area (Å²) in [6.45, 7) is 5.97. The van der Waals surface area contributed by atoms with Crippen LogP contribution < -0.4 is 0 Å². The van der Waals surface area contributed by atoms with Crippen molar-refractivity contribution in [2.75, 3.05) is 0 Å². The predicted molar refractivity (Wildman–Crippen MR) is 103 cm³/mol. The van der Waals surface area contributed by atoms with Gasteiger partial charge in [0.05, 0.1) is 16.7 Å². The Morgan fingerprint density at radius 2 is 0.852 bits per heavy atom. The van der Waals surface area contributed by atoms with E-state index in [1.807, 2.05) is 20.8 Å². The predicted octanol–water partition coefficient (Wildman–Crippen LogP) is 4.81. The van der Waals surface area contributed by atoms with Gasteiger partial charge in [0.25, 0.3) is 0 Å². The summed E-state index contributed by atoms with van der Waals surface area (Å²) in [4.78, 5) is 35.9. The highest BCUT2D eigenvalue weighted by molar-refractivity contribution is 6.11. The molecule has 0 saturated heterocycles. The number of hydrogen-bond donors (Lipinski definition) is 3. The highest BCUT2D eigenvalue weighted by Gasteiger charge is 2.32. The molecule has 0 aliphatic heterocycles. The first-order valence-corrected chi connectivity index (χ1v) is 9.72. The molecule has 1 aromatic carbocycles. The fraction of sp³-hybridized carbons (Fsp3) is 0.571. The fourth-order valence-electron chi connectivity index (χ4n) is 3.51. The van der Waals surface area contributed by atoms with Crippen LogP contribution in [0, 0.1) is 0 Å². The molecule has 150 valence electrons. The molecule has 3 N–H and O–H groups in total. The van der Waals surface area contributed by atoms with Crippen molar-refractivity contribution in [1.29, 1.82) is 0 Å². The first-order valence-electron chi connectivity index (χ1n) is 9.72. The van der Waals surface area contributed by atoms with E-state index in [0.29, 0.717) is 30.4 Å². The molecule has 0 amide bonds. The number of carboxylic acid groups (broad SMARTS) is 3. The van der Waals surface area contributed by atoms with Gasteiger partial charge in [0.2, 0.25) is 0 Å². The molecular weight excluding hydrogens is 348 g/mol. The molecule has 0 radical (unpaired) electrons. The molecule has 6 nitrogen and oxygen atoms in total. The van der Waals surface area contributed by atoms with Crippen molar-refractivity contribution < 1.29 is 29.7 Å². The van der Waals surface area contributed by atoms with E-state index in [1.54, 1.807) is 0 Å². The van der Waals surface area contributed by atoms with E-state index in [4.69, 9.17) is 0 Å². The second-order valence-corrected chi connectivity index (χ2v) is 6.79. The minimum absolute atomic E-state index is 0.347. The molecule has 0 saturated carbocycles. The minimum Gasteiger partial charge on any atom is -0.478 e. The quantitative estimate of drug-likeness (QED) is 0.481. The Morgan fingerprint density at radius 3 is 1.11 bits per heavy atom. The molecule has 6 heteroatoms. The Balaban J connectivity index is 3.99. The molecule has 0 aliphatic carbocycles. The summed E-state index contributed by atoms with van der Waals surface area (Å²) in [5, 5.41) is 29.2. The van der Waals surface area contributed by atoms with E-state index in [0.717, 1.165) is 44.1 Å². The van der Waals surface area contributed by atoms with Gasteiger partial charge in [0.1, 0.15) is 0 Å². The van der Waals surface area contributed by atoms with Crippen LogP contribution in [0.25, 0.3) is 0 Å². The number of unbranched alkanes of at least 4 members (excludes halogenated alkanes) is 3. The highest BCUT2D eigenvalue weighted by Crippen LogP contribution is 2.33. The number of benzene rings is 1. The van der Waals surface area contributed by atoms with Gasteiger partial charge in [-0.05, 0) is 55.2 Å². The molecule has 0 unspecified atom stereocenters. The first-order chi connectivity index (χ1) is 12.8. The van der Waals surface area contributed by atoms with Crippen molar-refractivity contribution >= 4 is 17.9 Å². The average molecular weight is 378 g/mol. The maximum absolute atomic E-state index is 12.0. The summed E-state index contributed by atoms with van der Waals surface area (Å²) in [7, 11) is 0. The van der Waals surface area contributed by atoms with E-state index < -0.39 is 23.5 Å². The lowest BCUT2D eigenvalue weighted by atomic mass is 9.81. The summed E-state index contributed by atoms with van der Waals surface area (Å²) < 4.78 is 0. The third kappa shape index (κ3) is 5.31. The zero-order chi connectivity index (χ0) is 20.6. The van der Waals surface area contributed by atoms with Crippen LogP contribution in [0.2, 0.25) is 0 Å². The maximum Gasteiger partial charge on any atom is 0.337 e. The van der Waals surface area contributed by atoms with E-state index in [1.165, 1.54) is 0 Å². The van der Waals surface area contributed by atoms with Crippen molar-refractivity contribution in [1.82, 2.24) is 0 Å². The van der Waals surface area contributed by atoms with Gasteiger partial charge >= 0.3 is 17.9 Å². The molecule has 0 aliphatic rings. The van der Waals surface area contributed by atoms with Crippen molar-refractivity contribution in [3.05, 3.63) is 33.4 Å².